The van der Waals surface area contributed by atoms with Crippen LogP contribution in [0.2, 0.25) is 4.34 Å². The number of morpholine rings is 2. The van der Waals surface area contributed by atoms with E-state index in [1.165, 1.54) is 28.4 Å². The Morgan fingerprint density at radius 2 is 2.00 bits per heavy atom. The summed E-state index contributed by atoms with van der Waals surface area (Å²) >= 11 is 7.13. The van der Waals surface area contributed by atoms with Crippen molar-refractivity contribution in [1.82, 2.24) is 14.9 Å². The molecule has 3 amide bonds. The molecule has 1 aromatic carbocycles. The smallest absolute Gasteiger partial charge is 0.253 e. The number of rotatable bonds is 9. The van der Waals surface area contributed by atoms with E-state index in [-0.39, 0.29) is 30.0 Å². The highest BCUT2D eigenvalue weighted by atomic mass is 35.5. The molecule has 212 valence electrons. The number of thiophene rings is 1. The third-order valence-electron chi connectivity index (χ3n) is 6.57. The Morgan fingerprint density at radius 1 is 1.23 bits per heavy atom. The molecule has 3 heterocycles. The van der Waals surface area contributed by atoms with Gasteiger partial charge >= 0.3 is 0 Å². The molecule has 0 unspecified atom stereocenters. The van der Waals surface area contributed by atoms with Gasteiger partial charge in [0.25, 0.3) is 11.8 Å². The molecule has 4 rings (SSSR count). The number of halogens is 1. The zero-order valence-corrected chi connectivity index (χ0v) is 24.0. The van der Waals surface area contributed by atoms with E-state index in [2.05, 4.69) is 10.0 Å². The molecule has 2 aromatic rings. The molecule has 0 radical (unpaired) electrons. The lowest BCUT2D eigenvalue weighted by molar-refractivity contribution is -0.140. The molecule has 2 atom stereocenters. The molecule has 0 spiro atoms. The van der Waals surface area contributed by atoms with E-state index in [4.69, 9.17) is 21.1 Å². The summed E-state index contributed by atoms with van der Waals surface area (Å²) in [6, 6.07) is 4.65. The van der Waals surface area contributed by atoms with Crippen LogP contribution in [0.1, 0.15) is 29.8 Å². The first-order chi connectivity index (χ1) is 18.6. The number of hydrogen-bond donors (Lipinski definition) is 2. The molecule has 0 bridgehead atoms. The first-order valence-corrected chi connectivity index (χ1v) is 15.3. The van der Waals surface area contributed by atoms with Crippen LogP contribution in [-0.2, 0) is 35.5 Å². The minimum atomic E-state index is -4.26. The van der Waals surface area contributed by atoms with Gasteiger partial charge in [-0.05, 0) is 37.1 Å². The van der Waals surface area contributed by atoms with Crippen molar-refractivity contribution in [3.05, 3.63) is 45.1 Å². The summed E-state index contributed by atoms with van der Waals surface area (Å²) in [6.07, 6.45) is 0.325. The van der Waals surface area contributed by atoms with Gasteiger partial charge in [0.1, 0.15) is 12.6 Å². The fourth-order valence-electron chi connectivity index (χ4n) is 4.60. The molecule has 0 aliphatic carbocycles. The Balaban J connectivity index is 1.63. The standard InChI is InChI=1S/C25H31ClN4O7S2/c1-3-18-20(30-8-10-37-14-23(30)31)5-4-6-21(18)39(34,35)28-19(25(33)29-7-9-36-13-16(29)2)12-27-24(32)17-11-22(26)38-15-17/h4-6,11,15-16,19,28H,3,7-10,12-14H2,1-2H3,(H,27,32)/t16-,19-/m0/s1. The van der Waals surface area contributed by atoms with E-state index in [9.17, 15) is 22.8 Å². The Labute approximate surface area is 236 Å². The van der Waals surface area contributed by atoms with Crippen LogP contribution in [0.15, 0.2) is 34.5 Å². The van der Waals surface area contributed by atoms with Gasteiger partial charge in [-0.1, -0.05) is 24.6 Å². The van der Waals surface area contributed by atoms with Crippen LogP contribution in [0.4, 0.5) is 5.69 Å². The van der Waals surface area contributed by atoms with E-state index in [0.29, 0.717) is 60.5 Å². The number of nitrogens with zero attached hydrogens (tertiary/aromatic N) is 2. The number of benzene rings is 1. The van der Waals surface area contributed by atoms with E-state index in [0.717, 1.165) is 0 Å². The molecule has 0 saturated carbocycles. The number of sulfonamides is 1. The van der Waals surface area contributed by atoms with Crippen molar-refractivity contribution in [2.24, 2.45) is 0 Å². The van der Waals surface area contributed by atoms with Crippen molar-refractivity contribution in [3.63, 3.8) is 0 Å². The molecule has 2 aliphatic heterocycles. The molecule has 2 aliphatic rings. The topological polar surface area (TPSA) is 134 Å². The minimum Gasteiger partial charge on any atom is -0.377 e. The van der Waals surface area contributed by atoms with Crippen LogP contribution in [0, 0.1) is 0 Å². The van der Waals surface area contributed by atoms with Crippen LogP contribution >= 0.6 is 22.9 Å². The van der Waals surface area contributed by atoms with Gasteiger partial charge in [-0.3, -0.25) is 14.4 Å². The first kappa shape index (κ1) is 29.4. The average Bonchev–Trinajstić information content (AvgIpc) is 3.37. The third kappa shape index (κ3) is 6.79. The second kappa shape index (κ2) is 12.7. The average molecular weight is 599 g/mol. The normalized spacial score (nSPS) is 19.2. The maximum absolute atomic E-state index is 13.8. The van der Waals surface area contributed by atoms with Crippen molar-refractivity contribution in [3.8, 4) is 0 Å². The second-order valence-electron chi connectivity index (χ2n) is 9.18. The lowest BCUT2D eigenvalue weighted by Crippen LogP contribution is -2.58. The van der Waals surface area contributed by atoms with Crippen LogP contribution in [-0.4, -0.2) is 89.2 Å². The highest BCUT2D eigenvalue weighted by molar-refractivity contribution is 7.89. The lowest BCUT2D eigenvalue weighted by atomic mass is 10.1. The summed E-state index contributed by atoms with van der Waals surface area (Å²) in [5, 5.41) is 4.23. The largest absolute Gasteiger partial charge is 0.377 e. The quantitative estimate of drug-likeness (QED) is 0.448. The van der Waals surface area contributed by atoms with Crippen LogP contribution < -0.4 is 14.9 Å². The predicted molar refractivity (Wildman–Crippen MR) is 147 cm³/mol. The third-order valence-corrected chi connectivity index (χ3v) is 9.22. The zero-order valence-electron chi connectivity index (χ0n) is 21.6. The van der Waals surface area contributed by atoms with Gasteiger partial charge in [0.2, 0.25) is 15.9 Å². The number of amides is 3. The zero-order chi connectivity index (χ0) is 28.2. The van der Waals surface area contributed by atoms with Crippen LogP contribution in [0.3, 0.4) is 0 Å². The fourth-order valence-corrected chi connectivity index (χ4v) is 6.98. The molecule has 39 heavy (non-hydrogen) atoms. The molecular weight excluding hydrogens is 568 g/mol. The van der Waals surface area contributed by atoms with Crippen molar-refractivity contribution in [2.45, 2.75) is 37.2 Å². The van der Waals surface area contributed by atoms with E-state index < -0.39 is 27.9 Å². The maximum atomic E-state index is 13.8. The maximum Gasteiger partial charge on any atom is 0.253 e. The van der Waals surface area contributed by atoms with Crippen LogP contribution in [0.5, 0.6) is 0 Å². The lowest BCUT2D eigenvalue weighted by Gasteiger charge is -2.36. The van der Waals surface area contributed by atoms with Gasteiger partial charge in [0.05, 0.1) is 40.7 Å². The Kier molecular flexibility index (Phi) is 9.62. The second-order valence-corrected chi connectivity index (χ2v) is 12.4. The summed E-state index contributed by atoms with van der Waals surface area (Å²) in [5.41, 5.74) is 1.25. The number of ether oxygens (including phenoxy) is 2. The number of nitrogens with one attached hydrogen (secondary N) is 2. The summed E-state index contributed by atoms with van der Waals surface area (Å²) in [5.74, 6) is -1.22. The highest BCUT2D eigenvalue weighted by Crippen LogP contribution is 2.29. The Hall–Kier alpha value is -2.55. The number of anilines is 1. The summed E-state index contributed by atoms with van der Waals surface area (Å²) in [6.45, 7) is 4.83. The van der Waals surface area contributed by atoms with Gasteiger partial charge in [0.15, 0.2) is 0 Å². The number of hydrogen-bond acceptors (Lipinski definition) is 8. The number of carbonyl (C=O) groups is 3. The Bertz CT molecular complexity index is 1330. The molecule has 2 saturated heterocycles. The van der Waals surface area contributed by atoms with Gasteiger partial charge in [-0.25, -0.2) is 8.42 Å². The SMILES string of the molecule is CCc1c(N2CCOCC2=O)cccc1S(=O)(=O)N[C@@H](CNC(=O)c1csc(Cl)c1)C(=O)N1CCOC[C@@H]1C. The molecule has 2 fully saturated rings. The summed E-state index contributed by atoms with van der Waals surface area (Å²) < 4.78 is 41.1. The molecule has 1 aromatic heterocycles. The summed E-state index contributed by atoms with van der Waals surface area (Å²) in [4.78, 5) is 41.8. The predicted octanol–water partition coefficient (Wildman–Crippen LogP) is 1.65. The minimum absolute atomic E-state index is 0.0365. The number of carbonyl (C=O) groups excluding carboxylic acids is 3. The van der Waals surface area contributed by atoms with E-state index in [1.54, 1.807) is 29.3 Å². The van der Waals surface area contributed by atoms with E-state index in [1.807, 2.05) is 6.92 Å². The van der Waals surface area contributed by atoms with Crippen molar-refractivity contribution >= 4 is 56.4 Å². The van der Waals surface area contributed by atoms with Crippen molar-refractivity contribution in [2.75, 3.05) is 51.0 Å². The van der Waals surface area contributed by atoms with Crippen molar-refractivity contribution in [1.29, 1.82) is 0 Å². The molecular formula is C25H31ClN4O7S2. The summed E-state index contributed by atoms with van der Waals surface area (Å²) in [7, 11) is -4.26. The van der Waals surface area contributed by atoms with E-state index >= 15 is 0 Å². The van der Waals surface area contributed by atoms with Crippen molar-refractivity contribution < 1.29 is 32.3 Å². The van der Waals surface area contributed by atoms with Gasteiger partial charge in [-0.15, -0.1) is 11.3 Å². The fraction of sp³-hybridized carbons (Fsp3) is 0.480. The van der Waals surface area contributed by atoms with Crippen LogP contribution in [0.25, 0.3) is 0 Å². The monoisotopic (exact) mass is 598 g/mol. The van der Waals surface area contributed by atoms with Gasteiger partial charge < -0.3 is 24.6 Å². The molecule has 11 nitrogen and oxygen atoms in total. The highest BCUT2D eigenvalue weighted by Gasteiger charge is 2.35. The van der Waals surface area contributed by atoms with Gasteiger partial charge in [0, 0.05) is 30.7 Å². The molecule has 2 N–H and O–H groups in total. The first-order valence-electron chi connectivity index (χ1n) is 12.5. The Morgan fingerprint density at radius 3 is 2.67 bits per heavy atom. The van der Waals surface area contributed by atoms with Gasteiger partial charge in [-0.2, -0.15) is 4.72 Å². The molecule has 14 heteroatoms.